The molecule has 0 fully saturated rings. The number of ether oxygens (including phenoxy) is 1. The molecule has 2 aromatic rings. The highest BCUT2D eigenvalue weighted by atomic mass is 19.4. The molecule has 8 heteroatoms. The minimum absolute atomic E-state index is 0.0521. The van der Waals surface area contributed by atoms with Gasteiger partial charge in [0.1, 0.15) is 6.61 Å². The fraction of sp³-hybridized carbons (Fsp3) is 0.350. The summed E-state index contributed by atoms with van der Waals surface area (Å²) in [5.74, 6) is 0. The molecule has 0 saturated carbocycles. The fourth-order valence-electron chi connectivity index (χ4n) is 3.09. The monoisotopic (exact) mass is 394 g/mol. The van der Waals surface area contributed by atoms with Gasteiger partial charge in [-0.25, -0.2) is 4.79 Å². The quantitative estimate of drug-likeness (QED) is 0.665. The fourth-order valence-corrected chi connectivity index (χ4v) is 3.09. The molecule has 1 aliphatic rings. The number of anilines is 2. The molecule has 5 nitrogen and oxygen atoms in total. The molecule has 150 valence electrons. The number of nitrogens with one attached hydrogen (secondary N) is 2. The highest BCUT2D eigenvalue weighted by Crippen LogP contribution is 2.29. The number of fused-ring (bicyclic) bond motifs is 1. The molecule has 0 bridgehead atoms. The van der Waals surface area contributed by atoms with Crippen molar-refractivity contribution in [3.05, 3.63) is 59.2 Å². The summed E-state index contributed by atoms with van der Waals surface area (Å²) in [6.45, 7) is 0.311. The first-order chi connectivity index (χ1) is 13.3. The van der Waals surface area contributed by atoms with E-state index in [1.54, 1.807) is 6.07 Å². The predicted molar refractivity (Wildman–Crippen MR) is 99.4 cm³/mol. The number of carbonyl (C=O) groups is 1. The van der Waals surface area contributed by atoms with Crippen LogP contribution in [0.25, 0.3) is 0 Å². The smallest absolute Gasteiger partial charge is 0.416 e. The van der Waals surface area contributed by atoms with Crippen molar-refractivity contribution in [3.8, 4) is 0 Å². The van der Waals surface area contributed by atoms with Crippen molar-refractivity contribution < 1.29 is 27.8 Å². The van der Waals surface area contributed by atoms with Crippen LogP contribution in [0.1, 0.15) is 23.1 Å². The number of benzene rings is 2. The standard InChI is InChI=1S/C20H21F3N2O3/c21-20(22,23)15-3-6-16(7-4-15)24-9-10-28-19(27)25-17-5-1-13-2-8-18(26)12-14(13)11-17/h1,3-7,11,18,24,26H,2,8-10,12H2,(H,25,27). The zero-order valence-corrected chi connectivity index (χ0v) is 15.1. The van der Waals surface area contributed by atoms with Crippen LogP contribution < -0.4 is 10.6 Å². The van der Waals surface area contributed by atoms with Crippen molar-refractivity contribution in [2.45, 2.75) is 31.5 Å². The van der Waals surface area contributed by atoms with Crippen LogP contribution in [-0.2, 0) is 23.8 Å². The van der Waals surface area contributed by atoms with Gasteiger partial charge in [-0.2, -0.15) is 13.2 Å². The second-order valence-electron chi connectivity index (χ2n) is 6.64. The minimum atomic E-state index is -4.37. The molecule has 0 aliphatic heterocycles. The Bertz CT molecular complexity index is 822. The molecule has 0 radical (unpaired) electrons. The van der Waals surface area contributed by atoms with Gasteiger partial charge in [0.2, 0.25) is 0 Å². The van der Waals surface area contributed by atoms with E-state index in [4.69, 9.17) is 4.74 Å². The van der Waals surface area contributed by atoms with Crippen LogP contribution >= 0.6 is 0 Å². The Kier molecular flexibility index (Phi) is 6.08. The van der Waals surface area contributed by atoms with Crippen molar-refractivity contribution in [1.29, 1.82) is 0 Å². The highest BCUT2D eigenvalue weighted by Gasteiger charge is 2.29. The Morgan fingerprint density at radius 3 is 2.54 bits per heavy atom. The second kappa shape index (κ2) is 8.52. The third-order valence-electron chi connectivity index (χ3n) is 4.53. The maximum atomic E-state index is 12.5. The molecule has 1 aliphatic carbocycles. The van der Waals surface area contributed by atoms with Crippen molar-refractivity contribution in [2.75, 3.05) is 23.8 Å². The molecule has 0 heterocycles. The lowest BCUT2D eigenvalue weighted by molar-refractivity contribution is -0.137. The third-order valence-corrected chi connectivity index (χ3v) is 4.53. The Morgan fingerprint density at radius 1 is 1.11 bits per heavy atom. The lowest BCUT2D eigenvalue weighted by atomic mass is 9.89. The lowest BCUT2D eigenvalue weighted by Gasteiger charge is -2.21. The maximum Gasteiger partial charge on any atom is 0.416 e. The summed E-state index contributed by atoms with van der Waals surface area (Å²) in [4.78, 5) is 11.9. The van der Waals surface area contributed by atoms with Gasteiger partial charge in [0.25, 0.3) is 0 Å². The SMILES string of the molecule is O=C(Nc1ccc2c(c1)CC(O)CC2)OCCNc1ccc(C(F)(F)F)cc1. The molecule has 28 heavy (non-hydrogen) atoms. The van der Waals surface area contributed by atoms with Crippen LogP contribution in [0.15, 0.2) is 42.5 Å². The number of carbonyl (C=O) groups excluding carboxylic acids is 1. The highest BCUT2D eigenvalue weighted by molar-refractivity contribution is 5.84. The van der Waals surface area contributed by atoms with Crippen LogP contribution in [0, 0.1) is 0 Å². The number of rotatable bonds is 5. The average molecular weight is 394 g/mol. The number of alkyl halides is 3. The van der Waals surface area contributed by atoms with E-state index >= 15 is 0 Å². The van der Waals surface area contributed by atoms with Crippen molar-refractivity contribution in [2.24, 2.45) is 0 Å². The van der Waals surface area contributed by atoms with E-state index in [0.717, 1.165) is 30.5 Å². The van der Waals surface area contributed by atoms with Crippen LogP contribution in [0.2, 0.25) is 0 Å². The molecule has 3 rings (SSSR count). The number of amides is 1. The molecule has 1 atom stereocenters. The van der Waals surface area contributed by atoms with Crippen LogP contribution in [0.5, 0.6) is 0 Å². The molecule has 2 aromatic carbocycles. The molecular weight excluding hydrogens is 373 g/mol. The second-order valence-corrected chi connectivity index (χ2v) is 6.64. The van der Waals surface area contributed by atoms with Gasteiger partial charge in [0.15, 0.2) is 0 Å². The Hall–Kier alpha value is -2.74. The van der Waals surface area contributed by atoms with Gasteiger partial charge in [0.05, 0.1) is 11.7 Å². The molecule has 3 N–H and O–H groups in total. The largest absolute Gasteiger partial charge is 0.447 e. The number of halogens is 3. The predicted octanol–water partition coefficient (Wildman–Crippen LogP) is 4.22. The zero-order valence-electron chi connectivity index (χ0n) is 15.1. The van der Waals surface area contributed by atoms with Gasteiger partial charge < -0.3 is 15.2 Å². The van der Waals surface area contributed by atoms with Crippen LogP contribution in [-0.4, -0.2) is 30.5 Å². The Labute approximate surface area is 160 Å². The molecule has 0 saturated heterocycles. The summed E-state index contributed by atoms with van der Waals surface area (Å²) in [6, 6.07) is 10.2. The zero-order chi connectivity index (χ0) is 20.1. The molecule has 1 unspecified atom stereocenters. The summed E-state index contributed by atoms with van der Waals surface area (Å²) >= 11 is 0. The molecule has 0 spiro atoms. The minimum Gasteiger partial charge on any atom is -0.447 e. The topological polar surface area (TPSA) is 70.6 Å². The summed E-state index contributed by atoms with van der Waals surface area (Å²) in [6.07, 6.45) is -3.22. The first kappa shape index (κ1) is 20.0. The van der Waals surface area contributed by atoms with Gasteiger partial charge in [-0.3, -0.25) is 5.32 Å². The number of hydrogen-bond acceptors (Lipinski definition) is 4. The van der Waals surface area contributed by atoms with E-state index in [-0.39, 0.29) is 19.3 Å². The van der Waals surface area contributed by atoms with E-state index in [9.17, 15) is 23.1 Å². The van der Waals surface area contributed by atoms with Gasteiger partial charge in [-0.1, -0.05) is 6.07 Å². The van der Waals surface area contributed by atoms with Gasteiger partial charge >= 0.3 is 12.3 Å². The first-order valence-electron chi connectivity index (χ1n) is 8.96. The summed E-state index contributed by atoms with van der Waals surface area (Å²) in [7, 11) is 0. The molecular formula is C20H21F3N2O3. The number of aryl methyl sites for hydroxylation is 1. The van der Waals surface area contributed by atoms with E-state index in [1.165, 1.54) is 17.7 Å². The van der Waals surface area contributed by atoms with Crippen LogP contribution in [0.3, 0.4) is 0 Å². The summed E-state index contributed by atoms with van der Waals surface area (Å²) < 4.78 is 42.6. The first-order valence-corrected chi connectivity index (χ1v) is 8.96. The third kappa shape index (κ3) is 5.39. The van der Waals surface area contributed by atoms with E-state index in [0.29, 0.717) is 17.8 Å². The lowest BCUT2D eigenvalue weighted by Crippen LogP contribution is -2.20. The maximum absolute atomic E-state index is 12.5. The number of aliphatic hydroxyl groups is 1. The average Bonchev–Trinajstić information content (AvgIpc) is 2.64. The van der Waals surface area contributed by atoms with E-state index in [1.807, 2.05) is 12.1 Å². The Morgan fingerprint density at radius 2 is 1.82 bits per heavy atom. The Balaban J connectivity index is 1.42. The van der Waals surface area contributed by atoms with Crippen molar-refractivity contribution >= 4 is 17.5 Å². The molecule has 0 aromatic heterocycles. The van der Waals surface area contributed by atoms with Gasteiger partial charge in [0, 0.05) is 17.9 Å². The molecule has 1 amide bonds. The van der Waals surface area contributed by atoms with Gasteiger partial charge in [-0.05, 0) is 66.8 Å². The van der Waals surface area contributed by atoms with Crippen LogP contribution in [0.4, 0.5) is 29.3 Å². The summed E-state index contributed by atoms with van der Waals surface area (Å²) in [5, 5.41) is 15.3. The van der Waals surface area contributed by atoms with Crippen molar-refractivity contribution in [3.63, 3.8) is 0 Å². The van der Waals surface area contributed by atoms with E-state index < -0.39 is 17.8 Å². The van der Waals surface area contributed by atoms with Crippen molar-refractivity contribution in [1.82, 2.24) is 0 Å². The number of aliphatic hydroxyl groups excluding tert-OH is 1. The number of hydrogen-bond donors (Lipinski definition) is 3. The van der Waals surface area contributed by atoms with E-state index in [2.05, 4.69) is 10.6 Å². The summed E-state index contributed by atoms with van der Waals surface area (Å²) in [5.41, 5.74) is 2.57. The van der Waals surface area contributed by atoms with Gasteiger partial charge in [-0.15, -0.1) is 0 Å². The normalized spacial score (nSPS) is 16.2.